The molecule has 0 aromatic carbocycles. The van der Waals surface area contributed by atoms with Crippen molar-refractivity contribution in [3.63, 3.8) is 0 Å². The molecule has 6 heteroatoms. The van der Waals surface area contributed by atoms with Gasteiger partial charge in [0.25, 0.3) is 0 Å². The molecule has 0 amide bonds. The highest BCUT2D eigenvalue weighted by Crippen LogP contribution is 2.17. The summed E-state index contributed by atoms with van der Waals surface area (Å²) in [4.78, 5) is 38.1. The van der Waals surface area contributed by atoms with Crippen LogP contribution in [0.15, 0.2) is 24.3 Å². The highest BCUT2D eigenvalue weighted by Gasteiger charge is 2.19. The van der Waals surface area contributed by atoms with E-state index < -0.39 is 6.10 Å². The molecule has 0 spiro atoms. The van der Waals surface area contributed by atoms with Crippen molar-refractivity contribution in [2.24, 2.45) is 0 Å². The normalized spacial score (nSPS) is 12.1. The third kappa shape index (κ3) is 50.9. The zero-order chi connectivity index (χ0) is 46.5. The fraction of sp³-hybridized carbons (Fsp3) is 0.879. The van der Waals surface area contributed by atoms with E-state index in [1.807, 2.05) is 0 Å². The number of carbonyl (C=O) groups is 3. The summed E-state index contributed by atoms with van der Waals surface area (Å²) >= 11 is 0. The van der Waals surface area contributed by atoms with E-state index in [2.05, 4.69) is 45.1 Å². The molecule has 0 aromatic heterocycles. The number of unbranched alkanes of at least 4 members (excludes halogenated alkanes) is 37. The number of allylic oxidation sites excluding steroid dienone is 4. The molecule has 0 aliphatic carbocycles. The zero-order valence-corrected chi connectivity index (χ0v) is 43.1. The number of hydrogen-bond donors (Lipinski definition) is 0. The van der Waals surface area contributed by atoms with Crippen molar-refractivity contribution in [3.05, 3.63) is 24.3 Å². The largest absolute Gasteiger partial charge is 0.462 e. The molecular weight excluding hydrogens is 793 g/mol. The predicted molar refractivity (Wildman–Crippen MR) is 275 cm³/mol. The van der Waals surface area contributed by atoms with Gasteiger partial charge in [-0.25, -0.2) is 0 Å². The minimum absolute atomic E-state index is 0.0716. The average Bonchev–Trinajstić information content (AvgIpc) is 3.29. The van der Waals surface area contributed by atoms with Gasteiger partial charge in [0.2, 0.25) is 0 Å². The molecule has 0 N–H and O–H groups in total. The topological polar surface area (TPSA) is 78.9 Å². The summed E-state index contributed by atoms with van der Waals surface area (Å²) in [5, 5.41) is 0. The molecular formula is C58H108O6. The Morgan fingerprint density at radius 2 is 0.562 bits per heavy atom. The van der Waals surface area contributed by atoms with Crippen LogP contribution in [0.25, 0.3) is 0 Å². The van der Waals surface area contributed by atoms with Crippen molar-refractivity contribution in [3.8, 4) is 0 Å². The standard InChI is InChI=1S/C58H108O6/c1-4-7-10-13-16-19-22-25-28-31-33-36-39-42-45-48-51-57(60)63-54-55(64-58(61)52-49-46-43-40-37-34-30-27-24-21-18-15-12-9-6-3)53-62-56(59)50-47-44-41-38-35-32-29-26-23-20-17-14-11-8-5-2/h18,21,27,30,55H,4-17,19-20,22-26,28-29,31-54H2,1-3H3/b21-18-,30-27-/t55-/m1/s1. The van der Waals surface area contributed by atoms with Crippen LogP contribution >= 0.6 is 0 Å². The lowest BCUT2D eigenvalue weighted by molar-refractivity contribution is -0.167. The summed E-state index contributed by atoms with van der Waals surface area (Å²) in [6.45, 7) is 6.65. The van der Waals surface area contributed by atoms with Crippen LogP contribution < -0.4 is 0 Å². The van der Waals surface area contributed by atoms with Crippen LogP contribution in [0.1, 0.15) is 310 Å². The van der Waals surface area contributed by atoms with Gasteiger partial charge in [-0.05, 0) is 51.4 Å². The van der Waals surface area contributed by atoms with Crippen LogP contribution in [-0.2, 0) is 28.6 Å². The predicted octanol–water partition coefficient (Wildman–Crippen LogP) is 18.7. The summed E-state index contributed by atoms with van der Waals surface area (Å²) in [5.41, 5.74) is 0. The number of rotatable bonds is 52. The fourth-order valence-corrected chi connectivity index (χ4v) is 8.42. The van der Waals surface area contributed by atoms with E-state index >= 15 is 0 Å². The van der Waals surface area contributed by atoms with E-state index in [1.54, 1.807) is 0 Å². The molecule has 1 atom stereocenters. The Balaban J connectivity index is 4.34. The van der Waals surface area contributed by atoms with Gasteiger partial charge >= 0.3 is 17.9 Å². The van der Waals surface area contributed by atoms with Crippen molar-refractivity contribution >= 4 is 17.9 Å². The molecule has 376 valence electrons. The van der Waals surface area contributed by atoms with E-state index in [0.717, 1.165) is 77.0 Å². The molecule has 0 aliphatic rings. The van der Waals surface area contributed by atoms with Crippen molar-refractivity contribution < 1.29 is 28.6 Å². The Morgan fingerprint density at radius 1 is 0.312 bits per heavy atom. The third-order valence-electron chi connectivity index (χ3n) is 12.7. The molecule has 0 saturated carbocycles. The average molecular weight is 901 g/mol. The van der Waals surface area contributed by atoms with Crippen molar-refractivity contribution in [1.29, 1.82) is 0 Å². The van der Waals surface area contributed by atoms with E-state index in [9.17, 15) is 14.4 Å². The highest BCUT2D eigenvalue weighted by atomic mass is 16.6. The molecule has 0 bridgehead atoms. The maximum Gasteiger partial charge on any atom is 0.306 e. The number of hydrogen-bond acceptors (Lipinski definition) is 6. The van der Waals surface area contributed by atoms with Crippen LogP contribution in [0.3, 0.4) is 0 Å². The van der Waals surface area contributed by atoms with Crippen LogP contribution in [0.5, 0.6) is 0 Å². The van der Waals surface area contributed by atoms with Crippen molar-refractivity contribution in [2.75, 3.05) is 13.2 Å². The van der Waals surface area contributed by atoms with Crippen LogP contribution in [0.2, 0.25) is 0 Å². The lowest BCUT2D eigenvalue weighted by Gasteiger charge is -2.18. The van der Waals surface area contributed by atoms with Gasteiger partial charge in [0.15, 0.2) is 6.10 Å². The van der Waals surface area contributed by atoms with Gasteiger partial charge in [-0.1, -0.05) is 263 Å². The van der Waals surface area contributed by atoms with E-state index in [-0.39, 0.29) is 31.1 Å². The Hall–Kier alpha value is -2.11. The minimum atomic E-state index is -0.773. The van der Waals surface area contributed by atoms with Gasteiger partial charge in [0, 0.05) is 19.3 Å². The summed E-state index contributed by atoms with van der Waals surface area (Å²) in [6, 6.07) is 0. The van der Waals surface area contributed by atoms with Crippen LogP contribution in [0.4, 0.5) is 0 Å². The van der Waals surface area contributed by atoms with Gasteiger partial charge in [0.05, 0.1) is 0 Å². The van der Waals surface area contributed by atoms with Crippen LogP contribution in [-0.4, -0.2) is 37.2 Å². The maximum absolute atomic E-state index is 12.8. The Morgan fingerprint density at radius 3 is 0.891 bits per heavy atom. The molecule has 6 nitrogen and oxygen atoms in total. The quantitative estimate of drug-likeness (QED) is 0.0262. The lowest BCUT2D eigenvalue weighted by Crippen LogP contribution is -2.30. The minimum Gasteiger partial charge on any atom is -0.462 e. The first-order valence-corrected chi connectivity index (χ1v) is 28.3. The number of esters is 3. The Labute approximate surface area is 398 Å². The SMILES string of the molecule is CCCCC/C=C\C/C=C\CCCCCCCC(=O)O[C@H](COC(=O)CCCCCCCCCCCCCCCCC)COC(=O)CCCCCCCCCCCCCCCCCC. The summed E-state index contributed by atoms with van der Waals surface area (Å²) < 4.78 is 16.9. The first-order valence-electron chi connectivity index (χ1n) is 28.3. The Kier molecular flexibility index (Phi) is 51.7. The molecule has 0 saturated heterocycles. The van der Waals surface area contributed by atoms with E-state index in [1.165, 1.54) is 193 Å². The second-order valence-corrected chi connectivity index (χ2v) is 19.2. The molecule has 0 unspecified atom stereocenters. The summed E-state index contributed by atoms with van der Waals surface area (Å²) in [6.07, 6.45) is 61.6. The molecule has 64 heavy (non-hydrogen) atoms. The first-order chi connectivity index (χ1) is 31.5. The lowest BCUT2D eigenvalue weighted by atomic mass is 10.0. The van der Waals surface area contributed by atoms with Crippen LogP contribution in [0, 0.1) is 0 Å². The number of carbonyl (C=O) groups excluding carboxylic acids is 3. The van der Waals surface area contributed by atoms with Gasteiger partial charge < -0.3 is 14.2 Å². The molecule has 0 radical (unpaired) electrons. The molecule has 0 heterocycles. The number of ether oxygens (including phenoxy) is 3. The van der Waals surface area contributed by atoms with E-state index in [4.69, 9.17) is 14.2 Å². The van der Waals surface area contributed by atoms with Crippen molar-refractivity contribution in [2.45, 2.75) is 316 Å². The Bertz CT molecular complexity index is 1040. The van der Waals surface area contributed by atoms with Crippen molar-refractivity contribution in [1.82, 2.24) is 0 Å². The second kappa shape index (κ2) is 53.5. The van der Waals surface area contributed by atoms with Gasteiger partial charge in [0.1, 0.15) is 13.2 Å². The molecule has 0 aliphatic heterocycles. The summed E-state index contributed by atoms with van der Waals surface area (Å²) in [5.74, 6) is -0.865. The zero-order valence-electron chi connectivity index (χ0n) is 43.1. The second-order valence-electron chi connectivity index (χ2n) is 19.2. The van der Waals surface area contributed by atoms with Gasteiger partial charge in [-0.2, -0.15) is 0 Å². The maximum atomic E-state index is 12.8. The smallest absolute Gasteiger partial charge is 0.306 e. The van der Waals surface area contributed by atoms with Gasteiger partial charge in [-0.15, -0.1) is 0 Å². The molecule has 0 rings (SSSR count). The molecule has 0 aromatic rings. The summed E-state index contributed by atoms with van der Waals surface area (Å²) in [7, 11) is 0. The monoisotopic (exact) mass is 901 g/mol. The molecule has 0 fully saturated rings. The van der Waals surface area contributed by atoms with E-state index in [0.29, 0.717) is 19.3 Å². The third-order valence-corrected chi connectivity index (χ3v) is 12.7. The van der Waals surface area contributed by atoms with Gasteiger partial charge in [-0.3, -0.25) is 14.4 Å². The fourth-order valence-electron chi connectivity index (χ4n) is 8.42. The first kappa shape index (κ1) is 61.9. The highest BCUT2D eigenvalue weighted by molar-refractivity contribution is 5.71.